The van der Waals surface area contributed by atoms with Gasteiger partial charge in [-0.1, -0.05) is 12.1 Å². The maximum absolute atomic E-state index is 11.8. The van der Waals surface area contributed by atoms with Crippen LogP contribution < -0.4 is 9.41 Å². The van der Waals surface area contributed by atoms with E-state index in [2.05, 4.69) is 9.72 Å². The highest BCUT2D eigenvalue weighted by molar-refractivity contribution is 8.05. The van der Waals surface area contributed by atoms with Crippen LogP contribution in [0.15, 0.2) is 24.3 Å². The lowest BCUT2D eigenvalue weighted by molar-refractivity contribution is 0.0376. The number of carbonyl (C=O) groups is 1. The Morgan fingerprint density at radius 1 is 1.39 bits per heavy atom. The minimum Gasteiger partial charge on any atom is -0.459 e. The molecule has 0 spiro atoms. The Balaban J connectivity index is 2.76. The summed E-state index contributed by atoms with van der Waals surface area (Å²) in [6.45, 7) is 3.61. The molecule has 0 unspecified atom stereocenters. The summed E-state index contributed by atoms with van der Waals surface area (Å²) in [5, 5.41) is 0. The summed E-state index contributed by atoms with van der Waals surface area (Å²) in [7, 11) is 2.14. The van der Waals surface area contributed by atoms with Crippen LogP contribution in [0.5, 0.6) is 5.75 Å². The van der Waals surface area contributed by atoms with Gasteiger partial charge in [-0.25, -0.2) is 4.79 Å². The number of hydrogen-bond donors (Lipinski definition) is 2. The van der Waals surface area contributed by atoms with E-state index < -0.39 is 0 Å². The van der Waals surface area contributed by atoms with E-state index in [1.165, 1.54) is 7.11 Å². The molecule has 0 aliphatic heterocycles. The first-order valence-electron chi connectivity index (χ1n) is 5.30. The summed E-state index contributed by atoms with van der Waals surface area (Å²) in [4.78, 5) is 19.1. The zero-order valence-corrected chi connectivity index (χ0v) is 12.2. The van der Waals surface area contributed by atoms with Crippen molar-refractivity contribution in [2.75, 3.05) is 7.11 Å². The second-order valence-corrected chi connectivity index (χ2v) is 5.34. The monoisotopic (exact) mass is 289 g/mol. The minimum absolute atomic E-state index is 0.156. The van der Waals surface area contributed by atoms with Crippen LogP contribution >= 0.6 is 7.58 Å². The van der Waals surface area contributed by atoms with Gasteiger partial charge >= 0.3 is 5.97 Å². The van der Waals surface area contributed by atoms with Crippen LogP contribution in [0.3, 0.4) is 0 Å². The molecule has 1 N–H and O–H groups in total. The Morgan fingerprint density at radius 3 is 2.78 bits per heavy atom. The molecule has 7 heteroatoms. The van der Waals surface area contributed by atoms with Gasteiger partial charge in [-0.2, -0.15) is 0 Å². The summed E-state index contributed by atoms with van der Waals surface area (Å²) < 4.78 is 10.6. The first kappa shape index (κ1) is 15.1. The zero-order valence-electron chi connectivity index (χ0n) is 10.4. The number of ether oxygens (including phenoxy) is 1. The molecule has 1 aromatic carbocycles. The van der Waals surface area contributed by atoms with Gasteiger partial charge in [0.15, 0.2) is 7.58 Å². The van der Waals surface area contributed by atoms with E-state index in [0.717, 1.165) is 11.1 Å². The van der Waals surface area contributed by atoms with Crippen LogP contribution in [0.2, 0.25) is 0 Å². The van der Waals surface area contributed by atoms with Gasteiger partial charge in [0.25, 0.3) is 0 Å². The SMILES string of the molecule is CON[SH]=POc1ccccc1C(=O)OC(C)C. The van der Waals surface area contributed by atoms with Crippen molar-refractivity contribution in [1.82, 2.24) is 4.89 Å². The van der Waals surface area contributed by atoms with Gasteiger partial charge in [0.2, 0.25) is 0 Å². The Kier molecular flexibility index (Phi) is 6.90. The van der Waals surface area contributed by atoms with E-state index in [4.69, 9.17) is 9.26 Å². The molecule has 0 heterocycles. The van der Waals surface area contributed by atoms with Crippen molar-refractivity contribution in [2.24, 2.45) is 0 Å². The largest absolute Gasteiger partial charge is 0.459 e. The van der Waals surface area contributed by atoms with Crippen LogP contribution in [0, 0.1) is 0 Å². The molecule has 0 saturated carbocycles. The maximum atomic E-state index is 11.8. The number of para-hydroxylation sites is 1. The molecule has 0 fully saturated rings. The number of carbonyl (C=O) groups excluding carboxylic acids is 1. The number of hydrogen-bond acceptors (Lipinski definition) is 4. The average Bonchev–Trinajstić information content (AvgIpc) is 2.34. The average molecular weight is 289 g/mol. The molecule has 1 rings (SSSR count). The van der Waals surface area contributed by atoms with Crippen molar-refractivity contribution >= 4 is 24.7 Å². The molecule has 0 aromatic heterocycles. The van der Waals surface area contributed by atoms with Crippen LogP contribution in [-0.2, 0) is 20.7 Å². The van der Waals surface area contributed by atoms with Gasteiger partial charge in [-0.15, -0.1) is 4.89 Å². The lowest BCUT2D eigenvalue weighted by Gasteiger charge is -2.10. The molecular weight excluding hydrogens is 273 g/mol. The lowest BCUT2D eigenvalue weighted by atomic mass is 10.2. The molecule has 18 heavy (non-hydrogen) atoms. The molecule has 0 saturated heterocycles. The van der Waals surface area contributed by atoms with Crippen molar-refractivity contribution in [1.29, 1.82) is 0 Å². The highest BCUT2D eigenvalue weighted by Crippen LogP contribution is 2.22. The summed E-state index contributed by atoms with van der Waals surface area (Å²) in [6.07, 6.45) is -0.156. The van der Waals surface area contributed by atoms with Gasteiger partial charge in [0, 0.05) is 0 Å². The van der Waals surface area contributed by atoms with E-state index in [9.17, 15) is 4.79 Å². The standard InChI is InChI=1S/C11H16NO4PS/c1-8(2)15-11(13)9-6-4-5-7-10(9)16-17-18-12-14-3/h4-8,12,18H,1-3H3. The fourth-order valence-electron chi connectivity index (χ4n) is 1.11. The quantitative estimate of drug-likeness (QED) is 0.364. The van der Waals surface area contributed by atoms with Gasteiger partial charge in [0.1, 0.15) is 11.3 Å². The summed E-state index contributed by atoms with van der Waals surface area (Å²) >= 11 is 0.739. The second kappa shape index (κ2) is 8.21. The van der Waals surface area contributed by atoms with Crippen molar-refractivity contribution in [3.05, 3.63) is 29.8 Å². The van der Waals surface area contributed by atoms with E-state index >= 15 is 0 Å². The Hall–Kier alpha value is -0.940. The summed E-state index contributed by atoms with van der Waals surface area (Å²) in [6, 6.07) is 6.98. The van der Waals surface area contributed by atoms with Crippen LogP contribution in [0.25, 0.3) is 0 Å². The van der Waals surface area contributed by atoms with Crippen molar-refractivity contribution in [2.45, 2.75) is 20.0 Å². The van der Waals surface area contributed by atoms with Crippen molar-refractivity contribution < 1.29 is 18.9 Å². The Morgan fingerprint density at radius 2 is 2.11 bits per heavy atom. The minimum atomic E-state index is -0.382. The molecule has 1 aromatic rings. The van der Waals surface area contributed by atoms with E-state index in [1.54, 1.807) is 38.1 Å². The third-order valence-electron chi connectivity index (χ3n) is 1.76. The topological polar surface area (TPSA) is 56.8 Å². The highest BCUT2D eigenvalue weighted by Gasteiger charge is 2.14. The Labute approximate surface area is 111 Å². The molecule has 0 radical (unpaired) electrons. The third-order valence-corrected chi connectivity index (χ3v) is 3.12. The van der Waals surface area contributed by atoms with Gasteiger partial charge in [0.05, 0.1) is 13.2 Å². The van der Waals surface area contributed by atoms with E-state index in [1.807, 2.05) is 0 Å². The van der Waals surface area contributed by atoms with Gasteiger partial charge in [-0.05, 0) is 37.1 Å². The molecule has 5 nitrogen and oxygen atoms in total. The third kappa shape index (κ3) is 5.14. The molecule has 0 aliphatic rings. The fourth-order valence-corrected chi connectivity index (χ4v) is 2.25. The molecule has 0 atom stereocenters. The van der Waals surface area contributed by atoms with Gasteiger partial charge < -0.3 is 9.26 Å². The Bertz CT molecular complexity index is 425. The first-order chi connectivity index (χ1) is 8.65. The fraction of sp³-hybridized carbons (Fsp3) is 0.364. The molecule has 0 amide bonds. The summed E-state index contributed by atoms with van der Waals surface area (Å²) in [5.41, 5.74) is 0.423. The van der Waals surface area contributed by atoms with Crippen molar-refractivity contribution in [3.63, 3.8) is 0 Å². The van der Waals surface area contributed by atoms with Gasteiger partial charge in [-0.3, -0.25) is 4.84 Å². The van der Waals surface area contributed by atoms with Crippen LogP contribution in [0.4, 0.5) is 0 Å². The smallest absolute Gasteiger partial charge is 0.342 e. The number of nitrogens with one attached hydrogen (secondary N) is 1. The molecule has 100 valence electrons. The predicted molar refractivity (Wildman–Crippen MR) is 73.4 cm³/mol. The molecule has 0 aliphatic carbocycles. The number of thiol groups is 1. The van der Waals surface area contributed by atoms with Crippen molar-refractivity contribution in [3.8, 4) is 5.75 Å². The molecular formula is C11H16NO4PS. The summed E-state index contributed by atoms with van der Waals surface area (Å²) in [5.74, 6) is 0.113. The first-order valence-corrected chi connectivity index (χ1v) is 7.71. The molecule has 0 bridgehead atoms. The number of rotatable bonds is 6. The predicted octanol–water partition coefficient (Wildman–Crippen LogP) is 2.29. The second-order valence-electron chi connectivity index (χ2n) is 3.52. The lowest BCUT2D eigenvalue weighted by Crippen LogP contribution is -2.12. The van der Waals surface area contributed by atoms with E-state index in [0.29, 0.717) is 18.9 Å². The number of benzene rings is 1. The van der Waals surface area contributed by atoms with Crippen LogP contribution in [0.1, 0.15) is 24.2 Å². The number of esters is 1. The highest BCUT2D eigenvalue weighted by atomic mass is 32.5. The van der Waals surface area contributed by atoms with Crippen LogP contribution in [-0.4, -0.2) is 19.2 Å². The zero-order chi connectivity index (χ0) is 13.4. The maximum Gasteiger partial charge on any atom is 0.342 e. The van der Waals surface area contributed by atoms with E-state index in [-0.39, 0.29) is 12.1 Å². The normalized spacial score (nSPS) is 11.3.